The molecule has 0 amide bonds. The van der Waals surface area contributed by atoms with Crippen LogP contribution < -0.4 is 0 Å². The molecule has 0 radical (unpaired) electrons. The van der Waals surface area contributed by atoms with Crippen molar-refractivity contribution in [1.82, 2.24) is 4.90 Å². The van der Waals surface area contributed by atoms with Gasteiger partial charge < -0.3 is 0 Å². The molecule has 0 aromatic heterocycles. The summed E-state index contributed by atoms with van der Waals surface area (Å²) in [6.07, 6.45) is -5.54. The van der Waals surface area contributed by atoms with Gasteiger partial charge in [0.2, 0.25) is 0 Å². The molecule has 1 aromatic carbocycles. The van der Waals surface area contributed by atoms with Crippen LogP contribution in [0.3, 0.4) is 0 Å². The first-order valence-electron chi connectivity index (χ1n) is 8.17. The summed E-state index contributed by atoms with van der Waals surface area (Å²) >= 11 is 0. The van der Waals surface area contributed by atoms with Crippen molar-refractivity contribution in [1.29, 1.82) is 0 Å². The van der Waals surface area contributed by atoms with Crippen LogP contribution in [0.2, 0.25) is 0 Å². The predicted molar refractivity (Wildman–Crippen MR) is 84.5 cm³/mol. The molecule has 152 valence electrons. The smallest absolute Gasteiger partial charge is 0.286 e. The summed E-state index contributed by atoms with van der Waals surface area (Å²) in [4.78, 5) is 0.938. The summed E-state index contributed by atoms with van der Waals surface area (Å²) < 4.78 is 108. The molecule has 2 rings (SSSR count). The van der Waals surface area contributed by atoms with E-state index >= 15 is 0 Å². The molecule has 0 spiro atoms. The molecule has 1 unspecified atom stereocenters. The van der Waals surface area contributed by atoms with Gasteiger partial charge in [0.15, 0.2) is 0 Å². The Labute approximate surface area is 151 Å². The number of rotatable bonds is 6. The number of hydrogen-bond donors (Lipinski definition) is 0. The zero-order valence-electron chi connectivity index (χ0n) is 14.6. The molecule has 0 N–H and O–H groups in total. The van der Waals surface area contributed by atoms with E-state index in [1.54, 1.807) is 37.3 Å². The van der Waals surface area contributed by atoms with Crippen molar-refractivity contribution in [3.8, 4) is 0 Å². The zero-order chi connectivity index (χ0) is 20.6. The highest BCUT2D eigenvalue weighted by molar-refractivity contribution is 5.22. The molecule has 1 aromatic rings. The molecular formula is C18H19F8N. The van der Waals surface area contributed by atoms with Crippen LogP contribution in [-0.4, -0.2) is 41.7 Å². The molecule has 9 heteroatoms. The molecule has 0 fully saturated rings. The van der Waals surface area contributed by atoms with Crippen LogP contribution in [0, 0.1) is 0 Å². The van der Waals surface area contributed by atoms with Gasteiger partial charge in [0.1, 0.15) is 0 Å². The van der Waals surface area contributed by atoms with Gasteiger partial charge in [0.25, 0.3) is 0 Å². The second-order valence-electron chi connectivity index (χ2n) is 6.79. The SMILES string of the molecule is CC1=C(C)CN(Cc2ccccc2)C(C(F)(F)C(F)(F)C(F)(F)C(F)F)C1. The first-order chi connectivity index (χ1) is 12.3. The van der Waals surface area contributed by atoms with Gasteiger partial charge >= 0.3 is 24.2 Å². The summed E-state index contributed by atoms with van der Waals surface area (Å²) in [5.74, 6) is -17.7. The van der Waals surface area contributed by atoms with Gasteiger partial charge in [-0.25, -0.2) is 8.78 Å². The van der Waals surface area contributed by atoms with Crippen LogP contribution in [0.1, 0.15) is 25.8 Å². The number of hydrogen-bond acceptors (Lipinski definition) is 1. The van der Waals surface area contributed by atoms with Crippen molar-refractivity contribution in [3.63, 3.8) is 0 Å². The standard InChI is InChI=1S/C18H19F8N/c1-11-8-14(16(21,22)18(25,26)17(23,24)15(19)20)27(9-12(11)2)10-13-6-4-3-5-7-13/h3-7,14-15H,8-10H2,1-2H3. The minimum Gasteiger partial charge on any atom is -0.286 e. The molecule has 1 atom stereocenters. The van der Waals surface area contributed by atoms with Crippen LogP contribution >= 0.6 is 0 Å². The largest absolute Gasteiger partial charge is 0.379 e. The molecule has 1 aliphatic heterocycles. The van der Waals surface area contributed by atoms with E-state index in [0.29, 0.717) is 16.7 Å². The Morgan fingerprint density at radius 3 is 2.04 bits per heavy atom. The maximum Gasteiger partial charge on any atom is 0.379 e. The Balaban J connectivity index is 2.43. The van der Waals surface area contributed by atoms with E-state index in [9.17, 15) is 35.1 Å². The second-order valence-corrected chi connectivity index (χ2v) is 6.79. The lowest BCUT2D eigenvalue weighted by molar-refractivity contribution is -0.350. The summed E-state index contributed by atoms with van der Waals surface area (Å²) in [7, 11) is 0. The number of halogens is 8. The Morgan fingerprint density at radius 2 is 1.52 bits per heavy atom. The van der Waals surface area contributed by atoms with E-state index in [0.717, 1.165) is 4.90 Å². The van der Waals surface area contributed by atoms with Crippen LogP contribution in [0.5, 0.6) is 0 Å². The van der Waals surface area contributed by atoms with Crippen LogP contribution in [0.25, 0.3) is 0 Å². The van der Waals surface area contributed by atoms with Crippen molar-refractivity contribution in [3.05, 3.63) is 47.0 Å². The van der Waals surface area contributed by atoms with Gasteiger partial charge in [-0.15, -0.1) is 0 Å². The van der Waals surface area contributed by atoms with Gasteiger partial charge in [-0.2, -0.15) is 26.3 Å². The highest BCUT2D eigenvalue weighted by Crippen LogP contribution is 2.52. The Kier molecular flexibility index (Phi) is 5.94. The third-order valence-electron chi connectivity index (χ3n) is 4.87. The monoisotopic (exact) mass is 401 g/mol. The fourth-order valence-corrected chi connectivity index (χ4v) is 3.05. The molecule has 1 heterocycles. The van der Waals surface area contributed by atoms with Crippen molar-refractivity contribution < 1.29 is 35.1 Å². The molecule has 0 bridgehead atoms. The summed E-state index contributed by atoms with van der Waals surface area (Å²) in [5, 5.41) is 0. The molecule has 0 saturated carbocycles. The van der Waals surface area contributed by atoms with Crippen molar-refractivity contribution in [2.24, 2.45) is 0 Å². The quantitative estimate of drug-likeness (QED) is 0.432. The van der Waals surface area contributed by atoms with Crippen molar-refractivity contribution in [2.75, 3.05) is 6.54 Å². The molecule has 0 aliphatic carbocycles. The third-order valence-corrected chi connectivity index (χ3v) is 4.87. The number of alkyl halides is 8. The second kappa shape index (κ2) is 7.41. The van der Waals surface area contributed by atoms with Gasteiger partial charge in [0, 0.05) is 13.1 Å². The highest BCUT2D eigenvalue weighted by Gasteiger charge is 2.77. The first kappa shape index (κ1) is 21.7. The summed E-state index contributed by atoms with van der Waals surface area (Å²) in [6, 6.07) is 5.68. The maximum absolute atomic E-state index is 14.6. The molecule has 27 heavy (non-hydrogen) atoms. The van der Waals surface area contributed by atoms with E-state index in [4.69, 9.17) is 0 Å². The predicted octanol–water partition coefficient (Wildman–Crippen LogP) is 5.77. The molecule has 1 aliphatic rings. The van der Waals surface area contributed by atoms with Gasteiger partial charge in [0.05, 0.1) is 6.04 Å². The summed E-state index contributed by atoms with van der Waals surface area (Å²) in [5.41, 5.74) is 1.50. The Hall–Kier alpha value is -1.64. The lowest BCUT2D eigenvalue weighted by atomic mass is 9.87. The van der Waals surface area contributed by atoms with Crippen LogP contribution in [-0.2, 0) is 6.54 Å². The van der Waals surface area contributed by atoms with Crippen LogP contribution in [0.15, 0.2) is 41.5 Å². The molecule has 0 saturated heterocycles. The van der Waals surface area contributed by atoms with Gasteiger partial charge in [-0.05, 0) is 25.8 Å². The summed E-state index contributed by atoms with van der Waals surface area (Å²) in [6.45, 7) is 2.69. The zero-order valence-corrected chi connectivity index (χ0v) is 14.6. The highest BCUT2D eigenvalue weighted by atomic mass is 19.4. The van der Waals surface area contributed by atoms with Crippen LogP contribution in [0.4, 0.5) is 35.1 Å². The van der Waals surface area contributed by atoms with Gasteiger partial charge in [-0.3, -0.25) is 4.90 Å². The first-order valence-corrected chi connectivity index (χ1v) is 8.17. The van der Waals surface area contributed by atoms with Crippen molar-refractivity contribution in [2.45, 2.75) is 57.0 Å². The van der Waals surface area contributed by atoms with E-state index in [1.807, 2.05) is 0 Å². The third kappa shape index (κ3) is 3.83. The minimum atomic E-state index is -6.21. The fourth-order valence-electron chi connectivity index (χ4n) is 3.05. The van der Waals surface area contributed by atoms with E-state index in [-0.39, 0.29) is 13.1 Å². The average Bonchev–Trinajstić information content (AvgIpc) is 2.58. The Bertz CT molecular complexity index is 684. The average molecular weight is 401 g/mol. The fraction of sp³-hybridized carbons (Fsp3) is 0.556. The topological polar surface area (TPSA) is 3.24 Å². The normalized spacial score (nSPS) is 20.5. The maximum atomic E-state index is 14.6. The lowest BCUT2D eigenvalue weighted by Crippen LogP contribution is -2.65. The minimum absolute atomic E-state index is 0.155. The number of nitrogens with zero attached hydrogens (tertiary/aromatic N) is 1. The van der Waals surface area contributed by atoms with E-state index in [2.05, 4.69) is 0 Å². The molecule has 1 nitrogen and oxygen atoms in total. The Morgan fingerprint density at radius 1 is 0.963 bits per heavy atom. The lowest BCUT2D eigenvalue weighted by Gasteiger charge is -2.44. The van der Waals surface area contributed by atoms with E-state index < -0.39 is 36.7 Å². The molecular weight excluding hydrogens is 382 g/mol. The van der Waals surface area contributed by atoms with Crippen molar-refractivity contribution >= 4 is 0 Å². The van der Waals surface area contributed by atoms with E-state index in [1.165, 1.54) is 6.92 Å². The van der Waals surface area contributed by atoms with Gasteiger partial charge in [-0.1, -0.05) is 41.5 Å². The number of benzene rings is 1.